The first-order valence-corrected chi connectivity index (χ1v) is 6.65. The molecule has 2 rings (SSSR count). The first-order chi connectivity index (χ1) is 8.06. The molecule has 4 heteroatoms. The number of benzene rings is 1. The average Bonchev–Trinajstić information content (AvgIpc) is 2.67. The van der Waals surface area contributed by atoms with Gasteiger partial charge in [-0.25, -0.2) is 0 Å². The van der Waals surface area contributed by atoms with Crippen molar-refractivity contribution in [1.29, 1.82) is 0 Å². The van der Waals surface area contributed by atoms with Crippen molar-refractivity contribution in [2.45, 2.75) is 32.2 Å². The van der Waals surface area contributed by atoms with E-state index in [1.807, 2.05) is 0 Å². The lowest BCUT2D eigenvalue weighted by Gasteiger charge is -2.13. The van der Waals surface area contributed by atoms with E-state index in [1.165, 1.54) is 6.07 Å². The number of amides is 1. The fraction of sp³-hybridized carbons (Fsp3) is 0.462. The second kappa shape index (κ2) is 5.08. The smallest absolute Gasteiger partial charge is 0.255 e. The van der Waals surface area contributed by atoms with Crippen molar-refractivity contribution in [3.05, 3.63) is 28.2 Å². The third-order valence-electron chi connectivity index (χ3n) is 3.23. The maximum atomic E-state index is 12.0. The summed E-state index contributed by atoms with van der Waals surface area (Å²) in [6.07, 6.45) is 3.22. The van der Waals surface area contributed by atoms with E-state index in [9.17, 15) is 9.90 Å². The Morgan fingerprint density at radius 1 is 1.47 bits per heavy atom. The number of hydrogen-bond donors (Lipinski definition) is 2. The summed E-state index contributed by atoms with van der Waals surface area (Å²) < 4.78 is 0.792. The van der Waals surface area contributed by atoms with Crippen molar-refractivity contribution >= 4 is 21.8 Å². The number of hydrogen-bond acceptors (Lipinski definition) is 2. The van der Waals surface area contributed by atoms with E-state index in [1.54, 1.807) is 12.1 Å². The molecule has 0 heterocycles. The molecule has 92 valence electrons. The Bertz CT molecular complexity index is 433. The van der Waals surface area contributed by atoms with Crippen molar-refractivity contribution in [2.75, 3.05) is 0 Å². The van der Waals surface area contributed by atoms with Gasteiger partial charge < -0.3 is 10.4 Å². The average molecular weight is 298 g/mol. The van der Waals surface area contributed by atoms with Gasteiger partial charge in [0.25, 0.3) is 5.91 Å². The van der Waals surface area contributed by atoms with Gasteiger partial charge in [0.15, 0.2) is 0 Å². The molecule has 1 aromatic carbocycles. The highest BCUT2D eigenvalue weighted by atomic mass is 79.9. The van der Waals surface area contributed by atoms with Crippen LogP contribution in [0.1, 0.15) is 36.5 Å². The molecule has 17 heavy (non-hydrogen) atoms. The summed E-state index contributed by atoms with van der Waals surface area (Å²) >= 11 is 3.30. The molecule has 2 N–H and O–H groups in total. The lowest BCUT2D eigenvalue weighted by Crippen LogP contribution is -2.32. The van der Waals surface area contributed by atoms with Gasteiger partial charge >= 0.3 is 0 Å². The Labute approximate surface area is 109 Å². The summed E-state index contributed by atoms with van der Waals surface area (Å²) in [5.41, 5.74) is 0.332. The summed E-state index contributed by atoms with van der Waals surface area (Å²) in [6, 6.07) is 5.12. The topological polar surface area (TPSA) is 49.3 Å². The summed E-state index contributed by atoms with van der Waals surface area (Å²) in [5, 5.41) is 12.6. The molecule has 1 fully saturated rings. The zero-order valence-electron chi connectivity index (χ0n) is 9.74. The Morgan fingerprint density at radius 2 is 2.24 bits per heavy atom. The molecule has 0 spiro atoms. The van der Waals surface area contributed by atoms with Crippen LogP contribution in [-0.2, 0) is 0 Å². The minimum atomic E-state index is -0.192. The van der Waals surface area contributed by atoms with Gasteiger partial charge in [-0.1, -0.05) is 22.9 Å². The standard InChI is InChI=1S/C13H16BrNO2/c1-8-2-4-10(6-8)15-13(17)11-7-9(14)3-5-12(11)16/h3,5,7-8,10,16H,2,4,6H2,1H3,(H,15,17). The van der Waals surface area contributed by atoms with E-state index in [2.05, 4.69) is 28.2 Å². The predicted molar refractivity (Wildman–Crippen MR) is 70.1 cm³/mol. The monoisotopic (exact) mass is 297 g/mol. The van der Waals surface area contributed by atoms with Gasteiger partial charge in [-0.3, -0.25) is 4.79 Å². The molecule has 1 aromatic rings. The minimum absolute atomic E-state index is 0.0248. The largest absolute Gasteiger partial charge is 0.507 e. The molecule has 0 aliphatic heterocycles. The predicted octanol–water partition coefficient (Wildman–Crippen LogP) is 3.07. The Morgan fingerprint density at radius 3 is 2.88 bits per heavy atom. The highest BCUT2D eigenvalue weighted by Gasteiger charge is 2.24. The van der Waals surface area contributed by atoms with Crippen LogP contribution in [0, 0.1) is 5.92 Å². The zero-order valence-corrected chi connectivity index (χ0v) is 11.3. The lowest BCUT2D eigenvalue weighted by molar-refractivity contribution is 0.0934. The third kappa shape index (κ3) is 3.00. The molecule has 1 amide bonds. The van der Waals surface area contributed by atoms with E-state index in [0.29, 0.717) is 11.5 Å². The van der Waals surface area contributed by atoms with Gasteiger partial charge in [-0.15, -0.1) is 0 Å². The van der Waals surface area contributed by atoms with Crippen LogP contribution < -0.4 is 5.32 Å². The van der Waals surface area contributed by atoms with Crippen molar-refractivity contribution in [3.8, 4) is 5.75 Å². The minimum Gasteiger partial charge on any atom is -0.507 e. The van der Waals surface area contributed by atoms with Crippen LogP contribution in [0.25, 0.3) is 0 Å². The van der Waals surface area contributed by atoms with Gasteiger partial charge in [-0.2, -0.15) is 0 Å². The number of phenols is 1. The van der Waals surface area contributed by atoms with Crippen LogP contribution in [0.4, 0.5) is 0 Å². The van der Waals surface area contributed by atoms with Crippen molar-refractivity contribution < 1.29 is 9.90 Å². The van der Waals surface area contributed by atoms with E-state index in [4.69, 9.17) is 0 Å². The lowest BCUT2D eigenvalue weighted by atomic mass is 10.1. The molecule has 2 unspecified atom stereocenters. The number of carbonyl (C=O) groups is 1. The second-order valence-electron chi connectivity index (χ2n) is 4.75. The summed E-state index contributed by atoms with van der Waals surface area (Å²) in [4.78, 5) is 12.0. The fourth-order valence-electron chi connectivity index (χ4n) is 2.29. The van der Waals surface area contributed by atoms with E-state index in [-0.39, 0.29) is 17.7 Å². The van der Waals surface area contributed by atoms with Gasteiger partial charge in [0.2, 0.25) is 0 Å². The molecule has 3 nitrogen and oxygen atoms in total. The van der Waals surface area contributed by atoms with E-state index >= 15 is 0 Å². The molecule has 1 aliphatic rings. The maximum Gasteiger partial charge on any atom is 0.255 e. The number of aromatic hydroxyl groups is 1. The first-order valence-electron chi connectivity index (χ1n) is 5.85. The van der Waals surface area contributed by atoms with Gasteiger partial charge in [-0.05, 0) is 43.4 Å². The molecule has 0 radical (unpaired) electrons. The van der Waals surface area contributed by atoms with Gasteiger partial charge in [0.05, 0.1) is 5.56 Å². The van der Waals surface area contributed by atoms with Crippen LogP contribution in [0.3, 0.4) is 0 Å². The number of rotatable bonds is 2. The molecule has 1 aliphatic carbocycles. The van der Waals surface area contributed by atoms with Crippen molar-refractivity contribution in [1.82, 2.24) is 5.32 Å². The van der Waals surface area contributed by atoms with E-state index in [0.717, 1.165) is 23.7 Å². The fourth-order valence-corrected chi connectivity index (χ4v) is 2.65. The number of phenolic OH excluding ortho intramolecular Hbond substituents is 1. The Balaban J connectivity index is 2.06. The first kappa shape index (κ1) is 12.4. The molecular formula is C13H16BrNO2. The maximum absolute atomic E-state index is 12.0. The molecule has 0 aromatic heterocycles. The summed E-state index contributed by atoms with van der Waals surface area (Å²) in [6.45, 7) is 2.20. The Hall–Kier alpha value is -1.03. The normalized spacial score (nSPS) is 23.6. The highest BCUT2D eigenvalue weighted by Crippen LogP contribution is 2.26. The van der Waals surface area contributed by atoms with Crippen molar-refractivity contribution in [2.24, 2.45) is 5.92 Å². The van der Waals surface area contributed by atoms with Crippen LogP contribution in [0.2, 0.25) is 0 Å². The molecule has 0 saturated heterocycles. The van der Waals surface area contributed by atoms with Gasteiger partial charge in [0, 0.05) is 10.5 Å². The number of carbonyl (C=O) groups excluding carboxylic acids is 1. The van der Waals surface area contributed by atoms with Gasteiger partial charge in [0.1, 0.15) is 5.75 Å². The van der Waals surface area contributed by atoms with Crippen LogP contribution in [-0.4, -0.2) is 17.1 Å². The van der Waals surface area contributed by atoms with E-state index < -0.39 is 0 Å². The molecular weight excluding hydrogens is 282 g/mol. The third-order valence-corrected chi connectivity index (χ3v) is 3.73. The number of halogens is 1. The van der Waals surface area contributed by atoms with Crippen LogP contribution in [0.15, 0.2) is 22.7 Å². The summed E-state index contributed by atoms with van der Waals surface area (Å²) in [7, 11) is 0. The Kier molecular flexibility index (Phi) is 3.72. The van der Waals surface area contributed by atoms with Crippen LogP contribution >= 0.6 is 15.9 Å². The SMILES string of the molecule is CC1CCC(NC(=O)c2cc(Br)ccc2O)C1. The summed E-state index contributed by atoms with van der Waals surface area (Å²) in [5.74, 6) is 0.510. The molecule has 0 bridgehead atoms. The zero-order chi connectivity index (χ0) is 12.4. The molecule has 2 atom stereocenters. The quantitative estimate of drug-likeness (QED) is 0.881. The van der Waals surface area contributed by atoms with Crippen molar-refractivity contribution in [3.63, 3.8) is 0 Å². The molecule has 1 saturated carbocycles. The second-order valence-corrected chi connectivity index (χ2v) is 5.67. The van der Waals surface area contributed by atoms with Crippen LogP contribution in [0.5, 0.6) is 5.75 Å². The highest BCUT2D eigenvalue weighted by molar-refractivity contribution is 9.10. The number of nitrogens with one attached hydrogen (secondary N) is 1.